The van der Waals surface area contributed by atoms with Crippen molar-refractivity contribution in [3.05, 3.63) is 35.9 Å². The average molecular weight is 217 g/mol. The van der Waals surface area contributed by atoms with Crippen molar-refractivity contribution < 1.29 is 0 Å². The van der Waals surface area contributed by atoms with Crippen LogP contribution >= 0.6 is 0 Å². The van der Waals surface area contributed by atoms with Gasteiger partial charge in [-0.15, -0.1) is 0 Å². The molecule has 1 aliphatic carbocycles. The van der Waals surface area contributed by atoms with Gasteiger partial charge in [0.1, 0.15) is 0 Å². The van der Waals surface area contributed by atoms with E-state index in [2.05, 4.69) is 51.1 Å². The Labute approximate surface area is 99.0 Å². The van der Waals surface area contributed by atoms with Crippen molar-refractivity contribution in [2.75, 3.05) is 6.54 Å². The van der Waals surface area contributed by atoms with Crippen LogP contribution in [0.5, 0.6) is 0 Å². The monoisotopic (exact) mass is 217 g/mol. The van der Waals surface area contributed by atoms with Gasteiger partial charge in [0.25, 0.3) is 0 Å². The standard InChI is InChI=1S/C15H23N/c1-15(2,3)14(10-16)13-9-12(13)11-7-5-4-6-8-11/h4-8,12-14H,9-10,16H2,1-3H3. The minimum absolute atomic E-state index is 0.336. The van der Waals surface area contributed by atoms with Crippen molar-refractivity contribution in [1.29, 1.82) is 0 Å². The fraction of sp³-hybridized carbons (Fsp3) is 0.600. The summed E-state index contributed by atoms with van der Waals surface area (Å²) in [5, 5.41) is 0. The molecule has 0 heterocycles. The highest BCUT2D eigenvalue weighted by atomic mass is 14.6. The molecular weight excluding hydrogens is 194 g/mol. The summed E-state index contributed by atoms with van der Waals surface area (Å²) in [7, 11) is 0. The molecule has 16 heavy (non-hydrogen) atoms. The lowest BCUT2D eigenvalue weighted by atomic mass is 9.77. The molecular formula is C15H23N. The Hall–Kier alpha value is -0.820. The number of hydrogen-bond acceptors (Lipinski definition) is 1. The van der Waals surface area contributed by atoms with Crippen molar-refractivity contribution >= 4 is 0 Å². The maximum atomic E-state index is 5.94. The third-order valence-corrected chi connectivity index (χ3v) is 3.95. The van der Waals surface area contributed by atoms with Gasteiger partial charge in [-0.3, -0.25) is 0 Å². The fourth-order valence-corrected chi connectivity index (χ4v) is 2.91. The molecule has 2 rings (SSSR count). The topological polar surface area (TPSA) is 26.0 Å². The molecule has 1 heteroatoms. The minimum atomic E-state index is 0.336. The van der Waals surface area contributed by atoms with Crippen LogP contribution in [-0.2, 0) is 0 Å². The van der Waals surface area contributed by atoms with Gasteiger partial charge in [-0.2, -0.15) is 0 Å². The van der Waals surface area contributed by atoms with E-state index in [-0.39, 0.29) is 0 Å². The van der Waals surface area contributed by atoms with Crippen LogP contribution in [-0.4, -0.2) is 6.54 Å². The maximum absolute atomic E-state index is 5.94. The zero-order valence-corrected chi connectivity index (χ0v) is 10.6. The van der Waals surface area contributed by atoms with Gasteiger partial charge in [-0.05, 0) is 41.7 Å². The summed E-state index contributed by atoms with van der Waals surface area (Å²) in [6.45, 7) is 7.75. The number of hydrogen-bond donors (Lipinski definition) is 1. The van der Waals surface area contributed by atoms with Crippen LogP contribution in [0.3, 0.4) is 0 Å². The fourth-order valence-electron chi connectivity index (χ4n) is 2.91. The zero-order valence-electron chi connectivity index (χ0n) is 10.6. The summed E-state index contributed by atoms with van der Waals surface area (Å²) in [6.07, 6.45) is 1.32. The minimum Gasteiger partial charge on any atom is -0.330 e. The Kier molecular flexibility index (Phi) is 3.07. The van der Waals surface area contributed by atoms with E-state index in [0.29, 0.717) is 11.3 Å². The Bertz CT molecular complexity index is 336. The first-order valence-corrected chi connectivity index (χ1v) is 6.29. The van der Waals surface area contributed by atoms with Crippen LogP contribution in [0.15, 0.2) is 30.3 Å². The van der Waals surface area contributed by atoms with E-state index >= 15 is 0 Å². The number of benzene rings is 1. The molecule has 0 bridgehead atoms. The molecule has 1 aromatic carbocycles. The molecule has 0 spiro atoms. The quantitative estimate of drug-likeness (QED) is 0.825. The lowest BCUT2D eigenvalue weighted by Crippen LogP contribution is -2.30. The molecule has 0 aromatic heterocycles. The molecule has 0 aliphatic heterocycles. The highest BCUT2D eigenvalue weighted by Gasteiger charge is 2.46. The summed E-state index contributed by atoms with van der Waals surface area (Å²) < 4.78 is 0. The second-order valence-electron chi connectivity index (χ2n) is 6.12. The van der Waals surface area contributed by atoms with Gasteiger partial charge in [-0.1, -0.05) is 51.1 Å². The Morgan fingerprint density at radius 2 is 1.88 bits per heavy atom. The normalized spacial score (nSPS) is 26.5. The van der Waals surface area contributed by atoms with E-state index in [9.17, 15) is 0 Å². The summed E-state index contributed by atoms with van der Waals surface area (Å²) in [4.78, 5) is 0. The van der Waals surface area contributed by atoms with Gasteiger partial charge in [0.15, 0.2) is 0 Å². The van der Waals surface area contributed by atoms with Crippen molar-refractivity contribution in [3.8, 4) is 0 Å². The summed E-state index contributed by atoms with van der Waals surface area (Å²) in [5.41, 5.74) is 7.77. The van der Waals surface area contributed by atoms with Crippen molar-refractivity contribution in [2.45, 2.75) is 33.1 Å². The number of rotatable bonds is 3. The van der Waals surface area contributed by atoms with Gasteiger partial charge < -0.3 is 5.73 Å². The van der Waals surface area contributed by atoms with E-state index in [1.807, 2.05) is 0 Å². The molecule has 1 aliphatic rings. The number of nitrogens with two attached hydrogens (primary N) is 1. The van der Waals surface area contributed by atoms with Crippen LogP contribution in [0.1, 0.15) is 38.7 Å². The van der Waals surface area contributed by atoms with Crippen LogP contribution in [0.4, 0.5) is 0 Å². The van der Waals surface area contributed by atoms with Crippen molar-refractivity contribution in [1.82, 2.24) is 0 Å². The Morgan fingerprint density at radius 1 is 1.25 bits per heavy atom. The average Bonchev–Trinajstić information content (AvgIpc) is 2.98. The molecule has 3 atom stereocenters. The van der Waals surface area contributed by atoms with Crippen LogP contribution < -0.4 is 5.73 Å². The molecule has 1 fully saturated rings. The molecule has 1 aromatic rings. The van der Waals surface area contributed by atoms with Crippen molar-refractivity contribution in [2.24, 2.45) is 23.0 Å². The molecule has 0 amide bonds. The lowest BCUT2D eigenvalue weighted by molar-refractivity contribution is 0.215. The van der Waals surface area contributed by atoms with Gasteiger partial charge >= 0.3 is 0 Å². The largest absolute Gasteiger partial charge is 0.330 e. The summed E-state index contributed by atoms with van der Waals surface area (Å²) in [5.74, 6) is 2.21. The first-order valence-electron chi connectivity index (χ1n) is 6.29. The third-order valence-electron chi connectivity index (χ3n) is 3.95. The van der Waals surface area contributed by atoms with Gasteiger partial charge in [-0.25, -0.2) is 0 Å². The van der Waals surface area contributed by atoms with E-state index in [1.165, 1.54) is 12.0 Å². The second kappa shape index (κ2) is 4.21. The van der Waals surface area contributed by atoms with Crippen LogP contribution in [0.25, 0.3) is 0 Å². The molecule has 0 saturated heterocycles. The molecule has 1 saturated carbocycles. The smallest absolute Gasteiger partial charge is 0.00410 e. The first kappa shape index (κ1) is 11.7. The van der Waals surface area contributed by atoms with E-state index in [4.69, 9.17) is 5.73 Å². The van der Waals surface area contributed by atoms with E-state index in [0.717, 1.165) is 18.4 Å². The van der Waals surface area contributed by atoms with Crippen molar-refractivity contribution in [3.63, 3.8) is 0 Å². The molecule has 1 nitrogen and oxygen atoms in total. The van der Waals surface area contributed by atoms with Crippen LogP contribution in [0.2, 0.25) is 0 Å². The molecule has 0 radical (unpaired) electrons. The highest BCUT2D eigenvalue weighted by Crippen LogP contribution is 2.55. The summed E-state index contributed by atoms with van der Waals surface area (Å²) in [6, 6.07) is 10.9. The second-order valence-corrected chi connectivity index (χ2v) is 6.12. The van der Waals surface area contributed by atoms with E-state index < -0.39 is 0 Å². The highest BCUT2D eigenvalue weighted by molar-refractivity contribution is 5.26. The predicted molar refractivity (Wildman–Crippen MR) is 69.3 cm³/mol. The molecule has 2 N–H and O–H groups in total. The maximum Gasteiger partial charge on any atom is -0.00410 e. The Balaban J connectivity index is 2.06. The molecule has 88 valence electrons. The predicted octanol–water partition coefficient (Wildman–Crippen LogP) is 3.41. The van der Waals surface area contributed by atoms with Gasteiger partial charge in [0.2, 0.25) is 0 Å². The van der Waals surface area contributed by atoms with Gasteiger partial charge in [0, 0.05) is 0 Å². The Morgan fingerprint density at radius 3 is 2.38 bits per heavy atom. The summed E-state index contributed by atoms with van der Waals surface area (Å²) >= 11 is 0. The third kappa shape index (κ3) is 2.30. The van der Waals surface area contributed by atoms with E-state index in [1.54, 1.807) is 0 Å². The molecule has 3 unspecified atom stereocenters. The van der Waals surface area contributed by atoms with Gasteiger partial charge in [0.05, 0.1) is 0 Å². The SMILES string of the molecule is CC(C)(C)C(CN)C1CC1c1ccccc1. The van der Waals surface area contributed by atoms with Crippen LogP contribution in [0, 0.1) is 17.3 Å². The first-order chi connectivity index (χ1) is 7.54. The lowest BCUT2D eigenvalue weighted by Gasteiger charge is -2.30. The zero-order chi connectivity index (χ0) is 11.8.